The van der Waals surface area contributed by atoms with Gasteiger partial charge in [0.1, 0.15) is 0 Å². The third-order valence-corrected chi connectivity index (χ3v) is 8.56. The molecule has 2 unspecified atom stereocenters. The number of fused-ring (bicyclic) bond motifs is 2. The van der Waals surface area contributed by atoms with E-state index in [1.54, 1.807) is 0 Å². The van der Waals surface area contributed by atoms with Crippen LogP contribution in [0.4, 0.5) is 22.7 Å². The van der Waals surface area contributed by atoms with Crippen LogP contribution in [0.2, 0.25) is 0 Å². The smallest absolute Gasteiger partial charge is 0.462 e. The van der Waals surface area contributed by atoms with E-state index in [9.17, 15) is 0 Å². The molecular formula is C38H32N6Pt. The van der Waals surface area contributed by atoms with Gasteiger partial charge in [-0.2, -0.15) is 0 Å². The molecule has 1 aliphatic carbocycles. The number of hydrogen-bond donors (Lipinski definition) is 0. The monoisotopic (exact) mass is 767 g/mol. The standard InChI is InChI=1S/C38H32N6.Pt/c1-3-15-29(16-4-1)43-35-23-9-7-19-33(35)41-37(43)25-27-13-11-21-31(39-27)32-22-12-14-28(40-32)26-38-42-34-20-8-10-24-36(34)44(38)30-17-5-2-6-18-30;/h1-7,9,11-19,21-23,25-26,34,36H,8,10,20,24H2;/q-2;+2/b37-25+,38-26+;. The van der Waals surface area contributed by atoms with Crippen LogP contribution in [0.3, 0.4) is 0 Å². The topological polar surface area (TPSA) is 60.5 Å². The molecule has 8 rings (SSSR count). The first kappa shape index (κ1) is 29.1. The molecule has 1 saturated heterocycles. The first-order valence-corrected chi connectivity index (χ1v) is 15.4. The van der Waals surface area contributed by atoms with E-state index in [1.165, 1.54) is 24.9 Å². The van der Waals surface area contributed by atoms with Gasteiger partial charge in [0.05, 0.1) is 22.8 Å². The van der Waals surface area contributed by atoms with E-state index >= 15 is 0 Å². The zero-order valence-electron chi connectivity index (χ0n) is 24.7. The summed E-state index contributed by atoms with van der Waals surface area (Å²) in [5.74, 6) is 1.83. The fourth-order valence-electron chi connectivity index (χ4n) is 6.57. The molecule has 2 aliphatic heterocycles. The van der Waals surface area contributed by atoms with Gasteiger partial charge in [-0.1, -0.05) is 134 Å². The third kappa shape index (κ3) is 5.79. The van der Waals surface area contributed by atoms with Gasteiger partial charge in [0.2, 0.25) is 0 Å². The zero-order valence-corrected chi connectivity index (χ0v) is 27.0. The summed E-state index contributed by atoms with van der Waals surface area (Å²) in [6.07, 6.45) is 8.98. The van der Waals surface area contributed by atoms with Gasteiger partial charge in [-0.15, -0.1) is 0 Å². The number of pyridine rings is 2. The van der Waals surface area contributed by atoms with Gasteiger partial charge in [0, 0.05) is 0 Å². The van der Waals surface area contributed by atoms with Gasteiger partial charge in [0.15, 0.2) is 0 Å². The Bertz CT molecular complexity index is 1860. The second-order valence-electron chi connectivity index (χ2n) is 11.4. The van der Waals surface area contributed by atoms with Gasteiger partial charge >= 0.3 is 21.1 Å². The average molecular weight is 768 g/mol. The first-order chi connectivity index (χ1) is 21.8. The molecule has 7 heteroatoms. The second kappa shape index (κ2) is 12.7. The molecule has 2 atom stereocenters. The van der Waals surface area contributed by atoms with E-state index in [-0.39, 0.29) is 21.1 Å². The maximum absolute atomic E-state index is 5.19. The molecule has 0 spiro atoms. The molecule has 0 N–H and O–H groups in total. The van der Waals surface area contributed by atoms with Crippen LogP contribution in [0.1, 0.15) is 37.1 Å². The summed E-state index contributed by atoms with van der Waals surface area (Å²) in [4.78, 5) is 14.6. The van der Waals surface area contributed by atoms with Crippen LogP contribution in [0, 0.1) is 0 Å². The van der Waals surface area contributed by atoms with Crippen molar-refractivity contribution < 1.29 is 21.1 Å². The number of anilines is 3. The first-order valence-electron chi connectivity index (χ1n) is 15.4. The van der Waals surface area contributed by atoms with Crippen molar-refractivity contribution >= 4 is 34.9 Å². The van der Waals surface area contributed by atoms with Crippen molar-refractivity contribution in [3.63, 3.8) is 0 Å². The fraction of sp³-hybridized carbons (Fsp3) is 0.158. The molecule has 5 aromatic rings. The van der Waals surface area contributed by atoms with Crippen molar-refractivity contribution in [3.05, 3.63) is 155 Å². The minimum Gasteiger partial charge on any atom is -0.462 e. The summed E-state index contributed by atoms with van der Waals surface area (Å²) in [5, 5.41) is 10.1. The Kier molecular flexibility index (Phi) is 8.23. The van der Waals surface area contributed by atoms with E-state index in [0.29, 0.717) is 12.1 Å². The predicted octanol–water partition coefficient (Wildman–Crippen LogP) is 9.80. The molecule has 0 amide bonds. The molecule has 3 aliphatic rings. The molecule has 4 heterocycles. The molecule has 3 aromatic carbocycles. The molecule has 0 bridgehead atoms. The van der Waals surface area contributed by atoms with Gasteiger partial charge in [-0.25, -0.2) is 9.97 Å². The zero-order chi connectivity index (χ0) is 29.3. The molecule has 2 fully saturated rings. The number of hydrogen-bond acceptors (Lipinski definition) is 4. The maximum atomic E-state index is 5.19. The molecule has 2 aromatic heterocycles. The Morgan fingerprint density at radius 2 is 1.20 bits per heavy atom. The van der Waals surface area contributed by atoms with E-state index < -0.39 is 0 Å². The van der Waals surface area contributed by atoms with Crippen LogP contribution in [0.5, 0.6) is 0 Å². The Balaban J connectivity index is 0.00000325. The summed E-state index contributed by atoms with van der Waals surface area (Å²) >= 11 is 0. The quantitative estimate of drug-likeness (QED) is 0.179. The number of benzene rings is 3. The SMILES string of the molecule is C(=C1/[N-]c2ccccc2N1c1ccccc1)/c1cccc(-c2cccc(/C=C3\[N-]C4CCCCC4N3c3ccccc3)n2)n1.[Pt+2]. The predicted molar refractivity (Wildman–Crippen MR) is 180 cm³/mol. The van der Waals surface area contributed by atoms with Crippen molar-refractivity contribution in [1.82, 2.24) is 9.97 Å². The van der Waals surface area contributed by atoms with E-state index in [2.05, 4.69) is 76.5 Å². The Labute approximate surface area is 278 Å². The van der Waals surface area contributed by atoms with E-state index in [4.69, 9.17) is 20.6 Å². The number of rotatable bonds is 5. The van der Waals surface area contributed by atoms with Crippen LogP contribution in [0.15, 0.2) is 133 Å². The Morgan fingerprint density at radius 1 is 0.600 bits per heavy atom. The number of nitrogens with zero attached hydrogens (tertiary/aromatic N) is 6. The largest absolute Gasteiger partial charge is 2.00 e. The molecule has 45 heavy (non-hydrogen) atoms. The van der Waals surface area contributed by atoms with Gasteiger partial charge in [0.25, 0.3) is 0 Å². The summed E-state index contributed by atoms with van der Waals surface area (Å²) in [6, 6.07) is 42.1. The molecule has 1 saturated carbocycles. The summed E-state index contributed by atoms with van der Waals surface area (Å²) in [5.41, 5.74) is 7.61. The van der Waals surface area contributed by atoms with Crippen molar-refractivity contribution in [2.24, 2.45) is 0 Å². The van der Waals surface area contributed by atoms with Crippen LogP contribution >= 0.6 is 0 Å². The van der Waals surface area contributed by atoms with Crippen LogP contribution in [-0.4, -0.2) is 22.1 Å². The van der Waals surface area contributed by atoms with Crippen LogP contribution in [-0.2, 0) is 21.1 Å². The van der Waals surface area contributed by atoms with Gasteiger partial charge < -0.3 is 20.4 Å². The Hall–Kier alpha value is -4.67. The normalized spacial score (nSPS) is 20.3. The van der Waals surface area contributed by atoms with Gasteiger partial charge in [-0.3, -0.25) is 0 Å². The second-order valence-corrected chi connectivity index (χ2v) is 11.4. The number of aromatic nitrogens is 2. The maximum Gasteiger partial charge on any atom is 2.00 e. The fourth-order valence-corrected chi connectivity index (χ4v) is 6.57. The minimum atomic E-state index is 0. The van der Waals surface area contributed by atoms with Gasteiger partial charge in [-0.05, 0) is 71.3 Å². The number of para-hydroxylation sites is 4. The van der Waals surface area contributed by atoms with E-state index in [0.717, 1.165) is 57.9 Å². The van der Waals surface area contributed by atoms with Crippen molar-refractivity contribution in [1.29, 1.82) is 0 Å². The molecule has 6 nitrogen and oxygen atoms in total. The van der Waals surface area contributed by atoms with Crippen molar-refractivity contribution in [2.75, 3.05) is 9.80 Å². The summed E-state index contributed by atoms with van der Waals surface area (Å²) in [7, 11) is 0. The molecular weight excluding hydrogens is 736 g/mol. The molecule has 224 valence electrons. The van der Waals surface area contributed by atoms with E-state index in [1.807, 2.05) is 66.7 Å². The van der Waals surface area contributed by atoms with Crippen LogP contribution in [0.25, 0.3) is 34.2 Å². The summed E-state index contributed by atoms with van der Waals surface area (Å²) < 4.78 is 0. The van der Waals surface area contributed by atoms with Crippen molar-refractivity contribution in [3.8, 4) is 11.4 Å². The average Bonchev–Trinajstić information content (AvgIpc) is 3.63. The summed E-state index contributed by atoms with van der Waals surface area (Å²) in [6.45, 7) is 0. The third-order valence-electron chi connectivity index (χ3n) is 8.56. The van der Waals surface area contributed by atoms with Crippen LogP contribution < -0.4 is 9.80 Å². The van der Waals surface area contributed by atoms with Crippen molar-refractivity contribution in [2.45, 2.75) is 37.8 Å². The molecule has 0 radical (unpaired) electrons. The Morgan fingerprint density at radius 3 is 1.91 bits per heavy atom. The minimum absolute atomic E-state index is 0.